The van der Waals surface area contributed by atoms with Crippen molar-refractivity contribution in [3.05, 3.63) is 71.8 Å². The smallest absolute Gasteiger partial charge is 0.429 e. The molecule has 47 heavy (non-hydrogen) atoms. The van der Waals surface area contributed by atoms with Gasteiger partial charge in [-0.05, 0) is 67.0 Å². The number of piperidine rings is 1. The van der Waals surface area contributed by atoms with Crippen LogP contribution in [0.1, 0.15) is 36.6 Å². The van der Waals surface area contributed by atoms with Gasteiger partial charge >= 0.3 is 12.1 Å². The molecule has 4 N–H and O–H groups in total. The van der Waals surface area contributed by atoms with Crippen molar-refractivity contribution in [3.63, 3.8) is 0 Å². The molecule has 2 fully saturated rings. The molecule has 0 bridgehead atoms. The predicted octanol–water partition coefficient (Wildman–Crippen LogP) is 5.08. The summed E-state index contributed by atoms with van der Waals surface area (Å²) in [7, 11) is 1.34. The Morgan fingerprint density at radius 1 is 1.11 bits per heavy atom. The third-order valence-electron chi connectivity index (χ3n) is 8.82. The molecule has 0 radical (unpaired) electrons. The number of aromatic nitrogens is 4. The summed E-state index contributed by atoms with van der Waals surface area (Å²) >= 11 is 0. The quantitative estimate of drug-likeness (QED) is 0.220. The molecule has 2 saturated heterocycles. The summed E-state index contributed by atoms with van der Waals surface area (Å²) in [5, 5.41) is 16.8. The van der Waals surface area contributed by atoms with Gasteiger partial charge in [0.05, 0.1) is 18.5 Å². The molecule has 1 spiro atoms. The van der Waals surface area contributed by atoms with E-state index in [1.165, 1.54) is 54.4 Å². The molecule has 2 aromatic carbocycles. The van der Waals surface area contributed by atoms with Crippen LogP contribution in [0.2, 0.25) is 0 Å². The first kappa shape index (κ1) is 32.0. The van der Waals surface area contributed by atoms with E-state index in [0.29, 0.717) is 61.5 Å². The van der Waals surface area contributed by atoms with Gasteiger partial charge in [0, 0.05) is 37.5 Å². The normalized spacial score (nSPS) is 18.3. The first-order chi connectivity index (χ1) is 22.3. The maximum absolute atomic E-state index is 14.8. The number of hydrogen-bond acceptors (Lipinski definition) is 9. The summed E-state index contributed by atoms with van der Waals surface area (Å²) in [6.07, 6.45) is -3.99. The molecule has 15 heteroatoms. The molecule has 248 valence electrons. The van der Waals surface area contributed by atoms with Crippen LogP contribution in [-0.2, 0) is 4.79 Å². The minimum absolute atomic E-state index is 0.0359. The van der Waals surface area contributed by atoms with Gasteiger partial charge in [-0.2, -0.15) is 28.2 Å². The number of hydrogen-bond donors (Lipinski definition) is 3. The Labute approximate surface area is 267 Å². The van der Waals surface area contributed by atoms with Crippen molar-refractivity contribution in [1.29, 1.82) is 0 Å². The maximum atomic E-state index is 14.8. The van der Waals surface area contributed by atoms with Gasteiger partial charge in [-0.25, -0.2) is 9.07 Å². The number of nitrogen functional groups attached to an aromatic ring is 1. The average Bonchev–Trinajstić information content (AvgIpc) is 3.66. The number of carbonyl (C=O) groups is 1. The second-order valence-corrected chi connectivity index (χ2v) is 11.9. The van der Waals surface area contributed by atoms with Crippen LogP contribution in [0.25, 0.3) is 16.8 Å². The lowest BCUT2D eigenvalue weighted by molar-refractivity contribution is -0.198. The second-order valence-electron chi connectivity index (χ2n) is 11.9. The topological polar surface area (TPSA) is 141 Å². The maximum Gasteiger partial charge on any atom is 0.429 e. The van der Waals surface area contributed by atoms with Crippen molar-refractivity contribution in [2.24, 2.45) is 5.41 Å². The highest BCUT2D eigenvalue weighted by Gasteiger charge is 2.46. The standard InChI is InChI=1S/C32H33F4N7O4/c1-18-7-10-43(41-18)24-14-20(19-4-6-25(46-2)22(33)13-19)3-5-21(24)28(32(34,35)36)47-27-15-26(39-30(37)40-27)42-11-8-31(9-12-42)16-23(29(44)45)38-17-31/h3-7,10,13-15,23,28,38H,8-9,11-12,16-17H2,1-2H3,(H,44,45)(H2,37,39,40)/t23-,28?/m0/s1. The largest absolute Gasteiger partial charge is 0.494 e. The number of halogens is 4. The second kappa shape index (κ2) is 12.4. The molecular formula is C32H33F4N7O4. The number of nitrogens with zero attached hydrogens (tertiary/aromatic N) is 5. The number of aryl methyl sites for hydroxylation is 1. The Hall–Kier alpha value is -4.92. The van der Waals surface area contributed by atoms with Crippen molar-refractivity contribution in [3.8, 4) is 28.4 Å². The Balaban J connectivity index is 1.31. The molecule has 0 aliphatic carbocycles. The zero-order valence-electron chi connectivity index (χ0n) is 25.6. The van der Waals surface area contributed by atoms with Gasteiger partial charge in [0.1, 0.15) is 11.9 Å². The first-order valence-electron chi connectivity index (χ1n) is 14.9. The van der Waals surface area contributed by atoms with E-state index in [0.717, 1.165) is 0 Å². The summed E-state index contributed by atoms with van der Waals surface area (Å²) < 4.78 is 70.9. The number of carboxylic acids is 1. The van der Waals surface area contributed by atoms with Gasteiger partial charge in [-0.15, -0.1) is 0 Å². The number of aliphatic carboxylic acids is 1. The summed E-state index contributed by atoms with van der Waals surface area (Å²) in [5.74, 6) is -1.78. The average molecular weight is 656 g/mol. The summed E-state index contributed by atoms with van der Waals surface area (Å²) in [5.41, 5.74) is 7.05. The van der Waals surface area contributed by atoms with Gasteiger partial charge in [0.25, 0.3) is 0 Å². The Morgan fingerprint density at radius 2 is 1.83 bits per heavy atom. The Bertz CT molecular complexity index is 1790. The van der Waals surface area contributed by atoms with E-state index in [2.05, 4.69) is 20.4 Å². The molecule has 0 amide bonds. The van der Waals surface area contributed by atoms with Crippen molar-refractivity contribution in [2.75, 3.05) is 37.4 Å². The van der Waals surface area contributed by atoms with Gasteiger partial charge in [0.2, 0.25) is 17.9 Å². The molecule has 2 atom stereocenters. The van der Waals surface area contributed by atoms with E-state index >= 15 is 0 Å². The van der Waals surface area contributed by atoms with Crippen LogP contribution >= 0.6 is 0 Å². The van der Waals surface area contributed by atoms with E-state index in [1.807, 2.05) is 4.90 Å². The number of nitrogens with two attached hydrogens (primary N) is 1. The molecule has 2 aliphatic heterocycles. The van der Waals surface area contributed by atoms with Gasteiger partial charge < -0.3 is 30.5 Å². The number of anilines is 2. The summed E-state index contributed by atoms with van der Waals surface area (Å²) in [6, 6.07) is 10.9. The number of methoxy groups -OCH3 is 1. The van der Waals surface area contributed by atoms with Gasteiger partial charge in [0.15, 0.2) is 11.6 Å². The highest BCUT2D eigenvalue weighted by molar-refractivity contribution is 5.74. The molecule has 11 nitrogen and oxygen atoms in total. The monoisotopic (exact) mass is 655 g/mol. The molecular weight excluding hydrogens is 622 g/mol. The highest BCUT2D eigenvalue weighted by atomic mass is 19.4. The van der Waals surface area contributed by atoms with E-state index in [4.69, 9.17) is 15.2 Å². The number of ether oxygens (including phenoxy) is 2. The van der Waals surface area contributed by atoms with E-state index < -0.39 is 30.1 Å². The fourth-order valence-corrected chi connectivity index (χ4v) is 6.30. The van der Waals surface area contributed by atoms with Crippen LogP contribution in [0, 0.1) is 18.2 Å². The summed E-state index contributed by atoms with van der Waals surface area (Å²) in [4.78, 5) is 21.6. The third kappa shape index (κ3) is 6.66. The highest BCUT2D eigenvalue weighted by Crippen LogP contribution is 2.43. The van der Waals surface area contributed by atoms with Crippen molar-refractivity contribution >= 4 is 17.7 Å². The molecule has 2 aromatic heterocycles. The Kier molecular flexibility index (Phi) is 8.42. The number of benzene rings is 2. The minimum atomic E-state index is -4.89. The Morgan fingerprint density at radius 3 is 2.45 bits per heavy atom. The van der Waals surface area contributed by atoms with E-state index in [-0.39, 0.29) is 34.2 Å². The van der Waals surface area contributed by atoms with E-state index in [9.17, 15) is 27.5 Å². The minimum Gasteiger partial charge on any atom is -0.494 e. The fraction of sp³-hybridized carbons (Fsp3) is 0.375. The van der Waals surface area contributed by atoms with Crippen molar-refractivity contribution < 1.29 is 36.9 Å². The molecule has 6 rings (SSSR count). The molecule has 4 heterocycles. The lowest BCUT2D eigenvalue weighted by Gasteiger charge is -2.39. The van der Waals surface area contributed by atoms with Gasteiger partial charge in [-0.3, -0.25) is 4.79 Å². The van der Waals surface area contributed by atoms with Crippen LogP contribution in [0.4, 0.5) is 29.3 Å². The molecule has 2 aliphatic rings. The zero-order chi connectivity index (χ0) is 33.5. The van der Waals surface area contributed by atoms with Crippen LogP contribution in [0.15, 0.2) is 54.7 Å². The van der Waals surface area contributed by atoms with E-state index in [1.54, 1.807) is 19.1 Å². The molecule has 4 aromatic rings. The number of alkyl halides is 3. The van der Waals surface area contributed by atoms with Crippen LogP contribution in [-0.4, -0.2) is 69.8 Å². The van der Waals surface area contributed by atoms with Crippen molar-refractivity contribution in [2.45, 2.75) is 44.5 Å². The number of nitrogens with one attached hydrogen (secondary N) is 1. The lowest BCUT2D eigenvalue weighted by atomic mass is 9.76. The van der Waals surface area contributed by atoms with Crippen LogP contribution < -0.4 is 25.4 Å². The number of carboxylic acid groups (broad SMARTS) is 1. The van der Waals surface area contributed by atoms with Crippen LogP contribution in [0.5, 0.6) is 11.6 Å². The first-order valence-corrected chi connectivity index (χ1v) is 14.9. The SMILES string of the molecule is COc1ccc(-c2ccc(C(Oc3cc(N4CCC5(CC4)CN[C@H](C(=O)O)C5)nc(N)n3)C(F)(F)F)c(-n3ccc(C)n3)c2)cc1F. The molecule has 1 unspecified atom stereocenters. The number of rotatable bonds is 8. The lowest BCUT2D eigenvalue weighted by Crippen LogP contribution is -2.41. The predicted molar refractivity (Wildman–Crippen MR) is 164 cm³/mol. The van der Waals surface area contributed by atoms with Crippen molar-refractivity contribution in [1.82, 2.24) is 25.1 Å². The zero-order valence-corrected chi connectivity index (χ0v) is 25.6. The fourth-order valence-electron chi connectivity index (χ4n) is 6.30. The van der Waals surface area contributed by atoms with Gasteiger partial charge in [-0.1, -0.05) is 18.2 Å². The van der Waals surface area contributed by atoms with Crippen LogP contribution in [0.3, 0.4) is 0 Å². The third-order valence-corrected chi connectivity index (χ3v) is 8.82. The molecule has 0 saturated carbocycles. The summed E-state index contributed by atoms with van der Waals surface area (Å²) in [6.45, 7) is 3.29.